The van der Waals surface area contributed by atoms with Crippen LogP contribution in [-0.4, -0.2) is 35.3 Å². The number of nitrogens with one attached hydrogen (secondary N) is 1. The molecule has 0 spiro atoms. The second-order valence-electron chi connectivity index (χ2n) is 5.85. The summed E-state index contributed by atoms with van der Waals surface area (Å²) in [6.45, 7) is 0.738. The zero-order chi connectivity index (χ0) is 16.6. The number of amides is 1. The fourth-order valence-corrected chi connectivity index (χ4v) is 2.42. The lowest BCUT2D eigenvalue weighted by atomic mass is 10.1. The molecular formula is C16H33N2O3S+. The minimum absolute atomic E-state index is 0.00195. The van der Waals surface area contributed by atoms with E-state index in [1.54, 1.807) is 0 Å². The fraction of sp³-hybridized carbons (Fsp3) is 0.875. The number of quaternary nitrogens is 1. The highest BCUT2D eigenvalue weighted by Crippen LogP contribution is 2.11. The first-order chi connectivity index (χ1) is 10.6. The van der Waals surface area contributed by atoms with Gasteiger partial charge in [-0.25, -0.2) is 0 Å². The molecule has 5 nitrogen and oxygen atoms in total. The predicted octanol–water partition coefficient (Wildman–Crippen LogP) is 2.02. The molecule has 0 aromatic carbocycles. The van der Waals surface area contributed by atoms with Crippen LogP contribution >= 0.6 is 12.6 Å². The third-order valence-corrected chi connectivity index (χ3v) is 4.15. The Balaban J connectivity index is 3.14. The molecule has 0 aliphatic heterocycles. The number of hydrogen-bond donors (Lipinski definition) is 4. The van der Waals surface area contributed by atoms with Gasteiger partial charge in [-0.1, -0.05) is 51.4 Å². The standard InChI is InChI=1S/C16H32N2O3S/c17-14(13-22)16(21)18-12-10-8-6-4-2-1-3-5-7-9-11-15(19)20/h14,22H,1-13,17H2,(H,18,21)(H,19,20)/p+1. The third kappa shape index (κ3) is 14.2. The largest absolute Gasteiger partial charge is 0.481 e. The van der Waals surface area contributed by atoms with Crippen molar-refractivity contribution in [1.82, 2.24) is 5.32 Å². The van der Waals surface area contributed by atoms with Crippen molar-refractivity contribution in [2.75, 3.05) is 12.3 Å². The van der Waals surface area contributed by atoms with Crippen LogP contribution in [0.15, 0.2) is 0 Å². The van der Waals surface area contributed by atoms with Gasteiger partial charge in [-0.05, 0) is 12.8 Å². The van der Waals surface area contributed by atoms with Gasteiger partial charge in [0.1, 0.15) is 0 Å². The smallest absolute Gasteiger partial charge is 0.303 e. The molecule has 0 fully saturated rings. The van der Waals surface area contributed by atoms with Crippen LogP contribution < -0.4 is 11.1 Å². The second-order valence-corrected chi connectivity index (χ2v) is 6.21. The zero-order valence-corrected chi connectivity index (χ0v) is 14.6. The Labute approximate surface area is 139 Å². The Hall–Kier alpha value is -0.750. The summed E-state index contributed by atoms with van der Waals surface area (Å²) in [7, 11) is 0. The van der Waals surface area contributed by atoms with E-state index in [0.717, 1.165) is 38.6 Å². The first-order valence-electron chi connectivity index (χ1n) is 8.51. The van der Waals surface area contributed by atoms with Crippen molar-refractivity contribution in [2.45, 2.75) is 76.7 Å². The highest BCUT2D eigenvalue weighted by molar-refractivity contribution is 7.80. The Morgan fingerprint density at radius 3 is 1.82 bits per heavy atom. The Morgan fingerprint density at radius 2 is 1.36 bits per heavy atom. The van der Waals surface area contributed by atoms with Crippen LogP contribution in [-0.2, 0) is 9.59 Å². The lowest BCUT2D eigenvalue weighted by molar-refractivity contribution is -0.396. The lowest BCUT2D eigenvalue weighted by Gasteiger charge is -2.07. The van der Waals surface area contributed by atoms with Gasteiger partial charge in [-0.3, -0.25) is 9.59 Å². The van der Waals surface area contributed by atoms with Crippen molar-refractivity contribution in [2.24, 2.45) is 0 Å². The van der Waals surface area contributed by atoms with Crippen LogP contribution in [0, 0.1) is 0 Å². The summed E-state index contributed by atoms with van der Waals surface area (Å²) in [6, 6.07) is -0.251. The number of carbonyl (C=O) groups is 2. The molecule has 1 unspecified atom stereocenters. The van der Waals surface area contributed by atoms with E-state index in [-0.39, 0.29) is 11.9 Å². The molecule has 0 bridgehead atoms. The number of thiol groups is 1. The molecule has 0 rings (SSSR count). The van der Waals surface area contributed by atoms with Crippen molar-refractivity contribution < 1.29 is 20.4 Å². The molecule has 0 saturated heterocycles. The van der Waals surface area contributed by atoms with E-state index in [1.807, 2.05) is 0 Å². The SMILES string of the molecule is [NH3+]C(CS)C(=O)NCCCCCCCCCCCCC(=O)O. The maximum Gasteiger partial charge on any atom is 0.303 e. The number of rotatable bonds is 15. The molecule has 0 saturated carbocycles. The average molecular weight is 334 g/mol. The third-order valence-electron chi connectivity index (χ3n) is 3.71. The monoisotopic (exact) mass is 333 g/mol. The quantitative estimate of drug-likeness (QED) is 0.273. The minimum atomic E-state index is -0.687. The molecule has 5 N–H and O–H groups in total. The maximum atomic E-state index is 11.4. The number of carbonyl (C=O) groups excluding carboxylic acids is 1. The van der Waals surface area contributed by atoms with Gasteiger partial charge < -0.3 is 16.2 Å². The van der Waals surface area contributed by atoms with Crippen LogP contribution in [0.4, 0.5) is 0 Å². The maximum absolute atomic E-state index is 11.4. The summed E-state index contributed by atoms with van der Waals surface area (Å²) in [6.07, 6.45) is 11.7. The van der Waals surface area contributed by atoms with Crippen molar-refractivity contribution in [3.8, 4) is 0 Å². The first kappa shape index (κ1) is 21.2. The summed E-state index contributed by atoms with van der Waals surface area (Å²) < 4.78 is 0. The minimum Gasteiger partial charge on any atom is -0.481 e. The molecule has 22 heavy (non-hydrogen) atoms. The highest BCUT2D eigenvalue weighted by atomic mass is 32.1. The Bertz CT molecular complexity index is 301. The van der Waals surface area contributed by atoms with E-state index in [0.29, 0.717) is 12.2 Å². The van der Waals surface area contributed by atoms with Gasteiger partial charge in [0.05, 0.1) is 5.75 Å². The molecule has 0 heterocycles. The summed E-state index contributed by atoms with van der Waals surface area (Å²) >= 11 is 4.05. The number of carboxylic acids is 1. The molecule has 1 amide bonds. The van der Waals surface area contributed by atoms with Gasteiger partial charge in [-0.15, -0.1) is 0 Å². The van der Waals surface area contributed by atoms with E-state index < -0.39 is 5.97 Å². The second kappa shape index (κ2) is 15.2. The van der Waals surface area contributed by atoms with Crippen LogP contribution in [0.3, 0.4) is 0 Å². The molecule has 0 radical (unpaired) electrons. The number of unbranched alkanes of at least 4 members (excludes halogenated alkanes) is 9. The molecule has 6 heteroatoms. The summed E-state index contributed by atoms with van der Waals surface area (Å²) in [5.41, 5.74) is 3.72. The average Bonchev–Trinajstić information content (AvgIpc) is 2.50. The highest BCUT2D eigenvalue weighted by Gasteiger charge is 2.13. The summed E-state index contributed by atoms with van der Waals surface area (Å²) in [5, 5.41) is 11.4. The van der Waals surface area contributed by atoms with Gasteiger partial charge in [0.2, 0.25) is 0 Å². The van der Waals surface area contributed by atoms with E-state index in [9.17, 15) is 9.59 Å². The van der Waals surface area contributed by atoms with Gasteiger partial charge >= 0.3 is 5.97 Å². The number of carboxylic acid groups (broad SMARTS) is 1. The van der Waals surface area contributed by atoms with Crippen molar-refractivity contribution >= 4 is 24.5 Å². The van der Waals surface area contributed by atoms with Gasteiger partial charge in [0.25, 0.3) is 5.91 Å². The van der Waals surface area contributed by atoms with Crippen LogP contribution in [0.2, 0.25) is 0 Å². The van der Waals surface area contributed by atoms with Crippen LogP contribution in [0.25, 0.3) is 0 Å². The topological polar surface area (TPSA) is 94.0 Å². The molecule has 130 valence electrons. The Morgan fingerprint density at radius 1 is 0.909 bits per heavy atom. The van der Waals surface area contributed by atoms with Gasteiger partial charge in [0, 0.05) is 13.0 Å². The van der Waals surface area contributed by atoms with Gasteiger partial charge in [-0.2, -0.15) is 12.6 Å². The van der Waals surface area contributed by atoms with Crippen molar-refractivity contribution in [3.63, 3.8) is 0 Å². The van der Waals surface area contributed by atoms with E-state index in [2.05, 4.69) is 23.7 Å². The Kier molecular flexibility index (Phi) is 14.6. The van der Waals surface area contributed by atoms with Crippen molar-refractivity contribution in [1.29, 1.82) is 0 Å². The van der Waals surface area contributed by atoms with Crippen molar-refractivity contribution in [3.05, 3.63) is 0 Å². The molecule has 0 aliphatic carbocycles. The molecular weight excluding hydrogens is 300 g/mol. The number of hydrogen-bond acceptors (Lipinski definition) is 3. The van der Waals surface area contributed by atoms with E-state index >= 15 is 0 Å². The summed E-state index contributed by atoms with van der Waals surface area (Å²) in [5.74, 6) is -0.201. The van der Waals surface area contributed by atoms with E-state index in [1.165, 1.54) is 32.1 Å². The zero-order valence-electron chi connectivity index (χ0n) is 13.7. The van der Waals surface area contributed by atoms with Crippen LogP contribution in [0.5, 0.6) is 0 Å². The van der Waals surface area contributed by atoms with Crippen LogP contribution in [0.1, 0.15) is 70.6 Å². The normalized spacial score (nSPS) is 12.1. The lowest BCUT2D eigenvalue weighted by Crippen LogP contribution is -2.68. The molecule has 0 aromatic rings. The van der Waals surface area contributed by atoms with E-state index in [4.69, 9.17) is 5.11 Å². The molecule has 0 aliphatic rings. The van der Waals surface area contributed by atoms with Gasteiger partial charge in [0.15, 0.2) is 6.04 Å². The predicted molar refractivity (Wildman–Crippen MR) is 92.0 cm³/mol. The fourth-order valence-electron chi connectivity index (χ4n) is 2.25. The molecule has 1 atom stereocenters. The summed E-state index contributed by atoms with van der Waals surface area (Å²) in [4.78, 5) is 21.8. The molecule has 0 aromatic heterocycles. The number of aliphatic carboxylic acids is 1. The first-order valence-corrected chi connectivity index (χ1v) is 9.14.